The molecule has 1 heterocycles. The number of carbonyl (C=O) groups excluding carboxylic acids is 1. The van der Waals surface area contributed by atoms with Gasteiger partial charge >= 0.3 is 0 Å². The van der Waals surface area contributed by atoms with Crippen molar-refractivity contribution in [2.45, 2.75) is 23.2 Å². The molecular weight excluding hydrogens is 256 g/mol. The van der Waals surface area contributed by atoms with Crippen LogP contribution < -0.4 is 10.6 Å². The molecule has 7 heteroatoms. The Labute approximate surface area is 108 Å². The van der Waals surface area contributed by atoms with Crippen LogP contribution in [-0.4, -0.2) is 34.4 Å². The minimum atomic E-state index is -0.0122. The third kappa shape index (κ3) is 4.35. The molecule has 2 rings (SSSR count). The van der Waals surface area contributed by atoms with Crippen LogP contribution in [0, 0.1) is 0 Å². The first-order valence-electron chi connectivity index (χ1n) is 5.38. The average molecular weight is 270 g/mol. The fourth-order valence-corrected chi connectivity index (χ4v) is 2.75. The van der Waals surface area contributed by atoms with E-state index in [1.54, 1.807) is 6.08 Å². The minimum Gasteiger partial charge on any atom is -0.357 e. The summed E-state index contributed by atoms with van der Waals surface area (Å²) >= 11 is 2.90. The van der Waals surface area contributed by atoms with E-state index in [1.807, 2.05) is 0 Å². The van der Waals surface area contributed by atoms with Crippen molar-refractivity contribution in [2.75, 3.05) is 17.6 Å². The van der Waals surface area contributed by atoms with Gasteiger partial charge in [0.05, 0.1) is 5.75 Å². The minimum absolute atomic E-state index is 0.0122. The zero-order chi connectivity index (χ0) is 12.1. The maximum Gasteiger partial charge on any atom is 0.230 e. The molecule has 1 aromatic rings. The molecule has 2 N–H and O–H groups in total. The molecule has 0 spiro atoms. The van der Waals surface area contributed by atoms with E-state index in [2.05, 4.69) is 27.4 Å². The van der Waals surface area contributed by atoms with E-state index in [0.717, 1.165) is 9.47 Å². The standard InChI is InChI=1S/C10H14N4OS2/c1-2-5-11-8(15)6-16-10-14-13-9(17-10)12-7-3-4-7/h2,7H,1,3-6H2,(H,11,15)(H,12,13). The molecule has 17 heavy (non-hydrogen) atoms. The molecule has 0 unspecified atom stereocenters. The first kappa shape index (κ1) is 12.4. The van der Waals surface area contributed by atoms with E-state index in [1.165, 1.54) is 35.9 Å². The molecule has 0 aliphatic heterocycles. The molecule has 92 valence electrons. The molecule has 0 saturated heterocycles. The number of rotatable bonds is 7. The van der Waals surface area contributed by atoms with Gasteiger partial charge in [0, 0.05) is 12.6 Å². The van der Waals surface area contributed by atoms with Crippen LogP contribution in [0.4, 0.5) is 5.13 Å². The number of aromatic nitrogens is 2. The molecule has 1 saturated carbocycles. The van der Waals surface area contributed by atoms with Crippen molar-refractivity contribution >= 4 is 34.1 Å². The second-order valence-electron chi connectivity index (χ2n) is 3.67. The maximum atomic E-state index is 11.3. The van der Waals surface area contributed by atoms with Crippen LogP contribution in [0.5, 0.6) is 0 Å². The van der Waals surface area contributed by atoms with E-state index in [9.17, 15) is 4.79 Å². The number of carbonyl (C=O) groups is 1. The molecule has 0 radical (unpaired) electrons. The Morgan fingerprint density at radius 3 is 3.12 bits per heavy atom. The van der Waals surface area contributed by atoms with Crippen LogP contribution in [0.1, 0.15) is 12.8 Å². The van der Waals surface area contributed by atoms with Gasteiger partial charge in [-0.05, 0) is 12.8 Å². The van der Waals surface area contributed by atoms with Crippen LogP contribution in [0.2, 0.25) is 0 Å². The number of nitrogens with one attached hydrogen (secondary N) is 2. The molecule has 1 fully saturated rings. The van der Waals surface area contributed by atoms with Gasteiger partial charge in [-0.1, -0.05) is 29.2 Å². The van der Waals surface area contributed by atoms with Gasteiger partial charge in [0.25, 0.3) is 0 Å². The van der Waals surface area contributed by atoms with E-state index in [-0.39, 0.29) is 5.91 Å². The summed E-state index contributed by atoms with van der Waals surface area (Å²) in [5.74, 6) is 0.355. The number of nitrogens with zero attached hydrogens (tertiary/aromatic N) is 2. The van der Waals surface area contributed by atoms with Crippen molar-refractivity contribution in [3.8, 4) is 0 Å². The highest BCUT2D eigenvalue weighted by atomic mass is 32.2. The van der Waals surface area contributed by atoms with E-state index < -0.39 is 0 Å². The molecule has 1 amide bonds. The molecule has 1 aromatic heterocycles. The van der Waals surface area contributed by atoms with Crippen molar-refractivity contribution < 1.29 is 4.79 Å². The molecular formula is C10H14N4OS2. The molecule has 5 nitrogen and oxygen atoms in total. The topological polar surface area (TPSA) is 66.9 Å². The van der Waals surface area contributed by atoms with Crippen molar-refractivity contribution in [1.29, 1.82) is 0 Å². The normalized spacial score (nSPS) is 14.4. The summed E-state index contributed by atoms with van der Waals surface area (Å²) in [5, 5.41) is 14.9. The zero-order valence-electron chi connectivity index (χ0n) is 9.31. The fraction of sp³-hybridized carbons (Fsp3) is 0.500. The SMILES string of the molecule is C=CCNC(=O)CSc1nnc(NC2CC2)s1. The monoisotopic (exact) mass is 270 g/mol. The Hall–Kier alpha value is -1.08. The third-order valence-corrected chi connectivity index (χ3v) is 4.07. The van der Waals surface area contributed by atoms with Crippen molar-refractivity contribution in [2.24, 2.45) is 0 Å². The van der Waals surface area contributed by atoms with E-state index in [4.69, 9.17) is 0 Å². The van der Waals surface area contributed by atoms with Gasteiger partial charge in [-0.15, -0.1) is 16.8 Å². The summed E-state index contributed by atoms with van der Waals surface area (Å²) in [5.41, 5.74) is 0. The second-order valence-corrected chi connectivity index (χ2v) is 5.87. The Morgan fingerprint density at radius 1 is 1.59 bits per heavy atom. The van der Waals surface area contributed by atoms with Crippen molar-refractivity contribution in [1.82, 2.24) is 15.5 Å². The lowest BCUT2D eigenvalue weighted by atomic mass is 10.6. The Balaban J connectivity index is 1.72. The number of amides is 1. The highest BCUT2D eigenvalue weighted by molar-refractivity contribution is 8.01. The summed E-state index contributed by atoms with van der Waals surface area (Å²) in [6.07, 6.45) is 4.09. The lowest BCUT2D eigenvalue weighted by Crippen LogP contribution is -2.24. The Bertz CT molecular complexity index is 403. The zero-order valence-corrected chi connectivity index (χ0v) is 10.9. The summed E-state index contributed by atoms with van der Waals surface area (Å²) < 4.78 is 0.821. The second kappa shape index (κ2) is 6.02. The molecule has 0 atom stereocenters. The van der Waals surface area contributed by atoms with Gasteiger partial charge in [0.1, 0.15) is 0 Å². The fourth-order valence-electron chi connectivity index (χ4n) is 1.09. The van der Waals surface area contributed by atoms with E-state index in [0.29, 0.717) is 18.3 Å². The number of anilines is 1. The Kier molecular flexibility index (Phi) is 4.38. The largest absolute Gasteiger partial charge is 0.357 e. The van der Waals surface area contributed by atoms with Gasteiger partial charge in [0.2, 0.25) is 11.0 Å². The smallest absolute Gasteiger partial charge is 0.230 e. The summed E-state index contributed by atoms with van der Waals surface area (Å²) in [6.45, 7) is 4.04. The first-order chi connectivity index (χ1) is 8.28. The maximum absolute atomic E-state index is 11.3. The molecule has 1 aliphatic rings. The summed E-state index contributed by atoms with van der Waals surface area (Å²) in [4.78, 5) is 11.3. The first-order valence-corrected chi connectivity index (χ1v) is 7.18. The average Bonchev–Trinajstić information content (AvgIpc) is 3.02. The predicted octanol–water partition coefficient (Wildman–Crippen LogP) is 1.51. The quantitative estimate of drug-likeness (QED) is 0.580. The van der Waals surface area contributed by atoms with Crippen LogP contribution in [0.3, 0.4) is 0 Å². The van der Waals surface area contributed by atoms with Crippen molar-refractivity contribution in [3.63, 3.8) is 0 Å². The van der Waals surface area contributed by atoms with Gasteiger partial charge < -0.3 is 10.6 Å². The van der Waals surface area contributed by atoms with Crippen LogP contribution in [-0.2, 0) is 4.79 Å². The van der Waals surface area contributed by atoms with Crippen LogP contribution in [0.25, 0.3) is 0 Å². The van der Waals surface area contributed by atoms with Gasteiger partial charge in [-0.2, -0.15) is 0 Å². The van der Waals surface area contributed by atoms with Crippen molar-refractivity contribution in [3.05, 3.63) is 12.7 Å². The number of thioether (sulfide) groups is 1. The lowest BCUT2D eigenvalue weighted by Gasteiger charge is -1.99. The third-order valence-electron chi connectivity index (χ3n) is 2.08. The highest BCUT2D eigenvalue weighted by Gasteiger charge is 2.22. The molecule has 0 bridgehead atoms. The molecule has 1 aliphatic carbocycles. The Morgan fingerprint density at radius 2 is 2.41 bits per heavy atom. The summed E-state index contributed by atoms with van der Waals surface area (Å²) in [7, 11) is 0. The molecule has 0 aromatic carbocycles. The highest BCUT2D eigenvalue weighted by Crippen LogP contribution is 2.29. The van der Waals surface area contributed by atoms with Gasteiger partial charge in [-0.25, -0.2) is 0 Å². The van der Waals surface area contributed by atoms with Gasteiger partial charge in [-0.3, -0.25) is 4.79 Å². The van der Waals surface area contributed by atoms with Gasteiger partial charge in [0.15, 0.2) is 4.34 Å². The van der Waals surface area contributed by atoms with E-state index >= 15 is 0 Å². The van der Waals surface area contributed by atoms with Crippen LogP contribution >= 0.6 is 23.1 Å². The van der Waals surface area contributed by atoms with Crippen LogP contribution in [0.15, 0.2) is 17.0 Å². The number of hydrogen-bond donors (Lipinski definition) is 2. The lowest BCUT2D eigenvalue weighted by molar-refractivity contribution is -0.118. The number of hydrogen-bond acceptors (Lipinski definition) is 6. The summed E-state index contributed by atoms with van der Waals surface area (Å²) in [6, 6.07) is 0.580. The predicted molar refractivity (Wildman–Crippen MR) is 70.5 cm³/mol.